The summed E-state index contributed by atoms with van der Waals surface area (Å²) in [5.41, 5.74) is 2.38. The molecule has 0 N–H and O–H groups in total. The zero-order valence-corrected chi connectivity index (χ0v) is 11.7. The van der Waals surface area contributed by atoms with Gasteiger partial charge in [-0.15, -0.1) is 5.10 Å². The smallest absolute Gasteiger partial charge is 0.254 e. The molecule has 0 spiro atoms. The zero-order valence-electron chi connectivity index (χ0n) is 11.7. The van der Waals surface area contributed by atoms with E-state index in [-0.39, 0.29) is 12.0 Å². The van der Waals surface area contributed by atoms with E-state index in [0.29, 0.717) is 25.3 Å². The fraction of sp³-hybridized carbons (Fsp3) is 0.500. The number of hydrogen-bond donors (Lipinski definition) is 0. The van der Waals surface area contributed by atoms with Crippen LogP contribution in [0.5, 0.6) is 0 Å². The third-order valence-corrected chi connectivity index (χ3v) is 3.59. The van der Waals surface area contributed by atoms with E-state index in [1.165, 1.54) is 0 Å². The Morgan fingerprint density at radius 3 is 3.10 bits per heavy atom. The van der Waals surface area contributed by atoms with Gasteiger partial charge in [-0.25, -0.2) is 4.68 Å². The predicted molar refractivity (Wildman–Crippen MR) is 74.5 cm³/mol. The average molecular weight is 274 g/mol. The summed E-state index contributed by atoms with van der Waals surface area (Å²) in [7, 11) is 0. The Labute approximate surface area is 117 Å². The molecule has 2 heterocycles. The van der Waals surface area contributed by atoms with Crippen LogP contribution in [0.3, 0.4) is 0 Å². The van der Waals surface area contributed by atoms with E-state index < -0.39 is 0 Å². The number of carbonyl (C=O) groups excluding carboxylic acids is 1. The van der Waals surface area contributed by atoms with Gasteiger partial charge in [-0.2, -0.15) is 0 Å². The number of benzene rings is 1. The van der Waals surface area contributed by atoms with Crippen LogP contribution in [0.2, 0.25) is 0 Å². The van der Waals surface area contributed by atoms with E-state index in [2.05, 4.69) is 10.3 Å². The molecule has 1 aromatic heterocycles. The van der Waals surface area contributed by atoms with E-state index in [9.17, 15) is 4.79 Å². The Hall–Kier alpha value is -1.95. The Kier molecular flexibility index (Phi) is 3.40. The number of amides is 1. The maximum atomic E-state index is 12.5. The lowest BCUT2D eigenvalue weighted by molar-refractivity contribution is -0.0124. The lowest BCUT2D eigenvalue weighted by atomic mass is 10.1. The van der Waals surface area contributed by atoms with Crippen molar-refractivity contribution in [1.29, 1.82) is 0 Å². The minimum absolute atomic E-state index is 0.0353. The highest BCUT2D eigenvalue weighted by atomic mass is 16.5. The Morgan fingerprint density at radius 1 is 1.50 bits per heavy atom. The van der Waals surface area contributed by atoms with Crippen molar-refractivity contribution in [3.63, 3.8) is 0 Å². The standard InChI is InChI=1S/C14H18N4O2/c1-3-18-13-5-4-11(8-12(13)15-16-18)14(19)17-6-7-20-10(2)9-17/h4-5,8,10H,3,6-7,9H2,1-2H3. The number of fused-ring (bicyclic) bond motifs is 1. The van der Waals surface area contributed by atoms with Crippen molar-refractivity contribution in [3.8, 4) is 0 Å². The summed E-state index contributed by atoms with van der Waals surface area (Å²) >= 11 is 0. The minimum atomic E-state index is 0.0353. The number of aromatic nitrogens is 3. The lowest BCUT2D eigenvalue weighted by Gasteiger charge is -2.31. The van der Waals surface area contributed by atoms with Crippen molar-refractivity contribution < 1.29 is 9.53 Å². The second-order valence-electron chi connectivity index (χ2n) is 5.04. The molecule has 1 saturated heterocycles. The van der Waals surface area contributed by atoms with Crippen molar-refractivity contribution in [1.82, 2.24) is 19.9 Å². The number of morpholine rings is 1. The molecule has 106 valence electrons. The van der Waals surface area contributed by atoms with Gasteiger partial charge in [0.15, 0.2) is 0 Å². The molecule has 0 saturated carbocycles. The molecule has 6 heteroatoms. The van der Waals surface area contributed by atoms with E-state index in [1.807, 2.05) is 41.6 Å². The quantitative estimate of drug-likeness (QED) is 0.828. The van der Waals surface area contributed by atoms with Gasteiger partial charge in [0.25, 0.3) is 5.91 Å². The van der Waals surface area contributed by atoms with Gasteiger partial charge >= 0.3 is 0 Å². The fourth-order valence-corrected chi connectivity index (χ4v) is 2.52. The Balaban J connectivity index is 1.88. The summed E-state index contributed by atoms with van der Waals surface area (Å²) in [4.78, 5) is 14.3. The number of carbonyl (C=O) groups is 1. The van der Waals surface area contributed by atoms with E-state index >= 15 is 0 Å². The highest BCUT2D eigenvalue weighted by Gasteiger charge is 2.22. The van der Waals surface area contributed by atoms with Gasteiger partial charge in [0.1, 0.15) is 5.52 Å². The van der Waals surface area contributed by atoms with Crippen molar-refractivity contribution in [2.24, 2.45) is 0 Å². The number of aryl methyl sites for hydroxylation is 1. The van der Waals surface area contributed by atoms with Crippen LogP contribution in [0.15, 0.2) is 18.2 Å². The van der Waals surface area contributed by atoms with Gasteiger partial charge in [-0.3, -0.25) is 4.79 Å². The lowest BCUT2D eigenvalue weighted by Crippen LogP contribution is -2.44. The summed E-state index contributed by atoms with van der Waals surface area (Å²) in [5, 5.41) is 8.17. The molecule has 1 fully saturated rings. The van der Waals surface area contributed by atoms with Crippen LogP contribution >= 0.6 is 0 Å². The monoisotopic (exact) mass is 274 g/mol. The normalized spacial score (nSPS) is 19.5. The first-order valence-electron chi connectivity index (χ1n) is 6.93. The second-order valence-corrected chi connectivity index (χ2v) is 5.04. The van der Waals surface area contributed by atoms with Gasteiger partial charge in [-0.05, 0) is 32.0 Å². The number of ether oxygens (including phenoxy) is 1. The molecule has 1 atom stereocenters. The Bertz CT molecular complexity index is 637. The fourth-order valence-electron chi connectivity index (χ4n) is 2.52. The van der Waals surface area contributed by atoms with Crippen molar-refractivity contribution in [2.75, 3.05) is 19.7 Å². The van der Waals surface area contributed by atoms with Crippen LogP contribution in [0.1, 0.15) is 24.2 Å². The van der Waals surface area contributed by atoms with Crippen LogP contribution in [-0.2, 0) is 11.3 Å². The summed E-state index contributed by atoms with van der Waals surface area (Å²) in [6.07, 6.45) is 0.0948. The third-order valence-electron chi connectivity index (χ3n) is 3.59. The molecule has 20 heavy (non-hydrogen) atoms. The molecule has 0 aliphatic carbocycles. The molecule has 0 radical (unpaired) electrons. The highest BCUT2D eigenvalue weighted by molar-refractivity contribution is 5.97. The second kappa shape index (κ2) is 5.20. The molecule has 3 rings (SSSR count). The highest BCUT2D eigenvalue weighted by Crippen LogP contribution is 2.16. The molecule has 1 aliphatic heterocycles. The van der Waals surface area contributed by atoms with Crippen LogP contribution < -0.4 is 0 Å². The number of nitrogens with zero attached hydrogens (tertiary/aromatic N) is 4. The maximum absolute atomic E-state index is 12.5. The van der Waals surface area contributed by atoms with Crippen LogP contribution in [0.25, 0.3) is 11.0 Å². The van der Waals surface area contributed by atoms with Crippen LogP contribution in [0, 0.1) is 0 Å². The minimum Gasteiger partial charge on any atom is -0.375 e. The molecule has 0 bridgehead atoms. The van der Waals surface area contributed by atoms with Crippen molar-refractivity contribution in [2.45, 2.75) is 26.5 Å². The van der Waals surface area contributed by atoms with Gasteiger partial charge in [0, 0.05) is 25.2 Å². The zero-order chi connectivity index (χ0) is 14.1. The summed E-state index contributed by atoms with van der Waals surface area (Å²) in [6.45, 7) is 6.64. The first-order valence-corrected chi connectivity index (χ1v) is 6.93. The molecule has 1 unspecified atom stereocenters. The maximum Gasteiger partial charge on any atom is 0.254 e. The van der Waals surface area contributed by atoms with Gasteiger partial charge in [-0.1, -0.05) is 5.21 Å². The van der Waals surface area contributed by atoms with Gasteiger partial charge < -0.3 is 9.64 Å². The number of hydrogen-bond acceptors (Lipinski definition) is 4. The SMILES string of the molecule is CCn1nnc2cc(C(=O)N3CCOC(C)C3)ccc21. The Morgan fingerprint density at radius 2 is 2.35 bits per heavy atom. The number of rotatable bonds is 2. The summed E-state index contributed by atoms with van der Waals surface area (Å²) in [6, 6.07) is 5.58. The molecule has 1 aromatic carbocycles. The van der Waals surface area contributed by atoms with Gasteiger partial charge in [0.05, 0.1) is 18.2 Å². The first-order chi connectivity index (χ1) is 9.69. The van der Waals surface area contributed by atoms with Crippen LogP contribution in [-0.4, -0.2) is 51.6 Å². The summed E-state index contributed by atoms with van der Waals surface area (Å²) < 4.78 is 7.28. The molecule has 1 aliphatic rings. The largest absolute Gasteiger partial charge is 0.375 e. The molecule has 1 amide bonds. The van der Waals surface area contributed by atoms with Gasteiger partial charge in [0.2, 0.25) is 0 Å². The van der Waals surface area contributed by atoms with E-state index in [0.717, 1.165) is 17.6 Å². The van der Waals surface area contributed by atoms with Crippen LogP contribution in [0.4, 0.5) is 0 Å². The summed E-state index contributed by atoms with van der Waals surface area (Å²) in [5.74, 6) is 0.0353. The molecular weight excluding hydrogens is 256 g/mol. The first kappa shape index (κ1) is 13.1. The topological polar surface area (TPSA) is 60.2 Å². The van der Waals surface area contributed by atoms with E-state index in [1.54, 1.807) is 0 Å². The third kappa shape index (κ3) is 2.27. The molecular formula is C14H18N4O2. The van der Waals surface area contributed by atoms with E-state index in [4.69, 9.17) is 4.74 Å². The average Bonchev–Trinajstić information content (AvgIpc) is 2.88. The molecule has 6 nitrogen and oxygen atoms in total. The predicted octanol–water partition coefficient (Wildman–Crippen LogP) is 1.31. The van der Waals surface area contributed by atoms with Crippen molar-refractivity contribution >= 4 is 16.9 Å². The van der Waals surface area contributed by atoms with Crippen molar-refractivity contribution in [3.05, 3.63) is 23.8 Å². The molecule has 2 aromatic rings.